The smallest absolute Gasteiger partial charge is 0.234 e. The molecule has 3 aliphatic heterocycles. The number of carbonyl (C=O) groups is 3. The lowest BCUT2D eigenvalue weighted by molar-refractivity contribution is -0.151. The van der Waals surface area contributed by atoms with Crippen LogP contribution in [0.1, 0.15) is 99.1 Å². The molecule has 3 saturated heterocycles. The number of hydrogen-bond donors (Lipinski definition) is 2. The van der Waals surface area contributed by atoms with Gasteiger partial charge in [-0.15, -0.1) is 10.2 Å². The molecule has 0 aromatic carbocycles. The average molecular weight is 827 g/mol. The number of likely N-dealkylation sites (tertiary alicyclic amines) is 1. The van der Waals surface area contributed by atoms with Gasteiger partial charge >= 0.3 is 0 Å². The highest BCUT2D eigenvalue weighted by Crippen LogP contribution is 2.59. The van der Waals surface area contributed by atoms with Crippen LogP contribution < -0.4 is 15.4 Å². The van der Waals surface area contributed by atoms with E-state index in [0.717, 1.165) is 108 Å². The molecule has 16 heteroatoms. The molecule has 8 heterocycles. The Balaban J connectivity index is 0.790. The highest BCUT2D eigenvalue weighted by Gasteiger charge is 2.55. The summed E-state index contributed by atoms with van der Waals surface area (Å²) in [6, 6.07) is 13.9. The van der Waals surface area contributed by atoms with Gasteiger partial charge in [0.05, 0.1) is 40.1 Å². The maximum Gasteiger partial charge on any atom is 0.234 e. The standard InChI is InChI=1S/C44H46N10O5S/c45-23-27-21-30-2-4-36(54(30)48-24-27)35-22-34(49-29-9-19-58-20-10-29)33(26-46-35)40-51-52-41(60-40)43-11-14-44(15-12-43,16-13-43)42(57)53-17-7-31(8-18-53)59-38-6-1-28(25-47-38)32-3-5-37(55)50-39(32)56/h1-2,4,6,21-22,24-26,29,31-32H,3,5,7-20H2,(H,46,49)(H,50,55,56)/t32-,43?,44?/m1/s1. The van der Waals surface area contributed by atoms with Gasteiger partial charge < -0.3 is 19.7 Å². The highest BCUT2D eigenvalue weighted by atomic mass is 32.1. The fourth-order valence-corrected chi connectivity index (χ4v) is 11.1. The van der Waals surface area contributed by atoms with Gasteiger partial charge in [0.25, 0.3) is 0 Å². The van der Waals surface area contributed by atoms with E-state index >= 15 is 0 Å². The number of rotatable bonds is 9. The molecule has 1 atom stereocenters. The molecule has 5 aromatic rings. The lowest BCUT2D eigenvalue weighted by Gasteiger charge is -2.53. The van der Waals surface area contributed by atoms with Gasteiger partial charge in [0.2, 0.25) is 23.6 Å². The first-order chi connectivity index (χ1) is 29.3. The molecule has 3 aliphatic carbocycles. The van der Waals surface area contributed by atoms with Gasteiger partial charge in [0, 0.05) is 86.6 Å². The molecule has 11 rings (SSSR count). The van der Waals surface area contributed by atoms with Crippen LogP contribution in [0.3, 0.4) is 0 Å². The number of carbonyl (C=O) groups excluding carboxylic acids is 3. The van der Waals surface area contributed by atoms with Crippen LogP contribution in [0.2, 0.25) is 0 Å². The van der Waals surface area contributed by atoms with Crippen LogP contribution in [0, 0.1) is 16.7 Å². The van der Waals surface area contributed by atoms with Crippen molar-refractivity contribution in [2.24, 2.45) is 5.41 Å². The van der Waals surface area contributed by atoms with Crippen molar-refractivity contribution in [1.82, 2.24) is 40.0 Å². The summed E-state index contributed by atoms with van der Waals surface area (Å²) in [5.41, 5.74) is 5.15. The number of nitrogens with zero attached hydrogens (tertiary/aromatic N) is 8. The van der Waals surface area contributed by atoms with E-state index in [4.69, 9.17) is 24.7 Å². The number of nitrogens with one attached hydrogen (secondary N) is 2. The fraction of sp³-hybridized carbons (Fsp3) is 0.477. The summed E-state index contributed by atoms with van der Waals surface area (Å²) in [7, 11) is 0. The molecule has 2 N–H and O–H groups in total. The van der Waals surface area contributed by atoms with Gasteiger partial charge in [0.15, 0.2) is 5.01 Å². The summed E-state index contributed by atoms with van der Waals surface area (Å²) < 4.78 is 13.7. The minimum Gasteiger partial charge on any atom is -0.474 e. The number of nitriles is 1. The number of imide groups is 1. The van der Waals surface area contributed by atoms with E-state index in [-0.39, 0.29) is 46.6 Å². The quantitative estimate of drug-likeness (QED) is 0.166. The molecule has 15 nitrogen and oxygen atoms in total. The van der Waals surface area contributed by atoms with Crippen molar-refractivity contribution >= 4 is 40.3 Å². The van der Waals surface area contributed by atoms with Crippen LogP contribution >= 0.6 is 11.3 Å². The molecule has 3 saturated carbocycles. The predicted molar refractivity (Wildman–Crippen MR) is 221 cm³/mol. The summed E-state index contributed by atoms with van der Waals surface area (Å²) in [4.78, 5) is 49.5. The zero-order valence-corrected chi connectivity index (χ0v) is 34.1. The third-order valence-electron chi connectivity index (χ3n) is 13.6. The van der Waals surface area contributed by atoms with Crippen molar-refractivity contribution in [2.75, 3.05) is 31.6 Å². The van der Waals surface area contributed by atoms with Gasteiger partial charge in [-0.1, -0.05) is 17.4 Å². The Hall–Kier alpha value is -5.79. The van der Waals surface area contributed by atoms with Crippen LogP contribution in [0.4, 0.5) is 5.69 Å². The van der Waals surface area contributed by atoms with Crippen molar-refractivity contribution in [1.29, 1.82) is 5.26 Å². The number of pyridine rings is 2. The van der Waals surface area contributed by atoms with Crippen LogP contribution in [0.5, 0.6) is 5.88 Å². The minimum absolute atomic E-state index is 0.0409. The monoisotopic (exact) mass is 826 g/mol. The Kier molecular flexibility index (Phi) is 10.0. The van der Waals surface area contributed by atoms with Gasteiger partial charge in [-0.2, -0.15) is 10.4 Å². The number of piperidine rings is 2. The van der Waals surface area contributed by atoms with Gasteiger partial charge in [-0.3, -0.25) is 24.7 Å². The maximum absolute atomic E-state index is 14.2. The van der Waals surface area contributed by atoms with Crippen molar-refractivity contribution in [3.8, 4) is 33.9 Å². The SMILES string of the molecule is N#Cc1cnn2c(-c3cc(NC4CCOCC4)c(-c4nnc(C56CCC(C(=O)N7CCC(Oc8ccc([C@H]9CCC(=O)NC9=O)cn8)CC7)(CC5)CC6)s4)cn3)ccc2c1. The molecule has 0 radical (unpaired) electrons. The van der Waals surface area contributed by atoms with Crippen LogP contribution in [-0.4, -0.2) is 90.8 Å². The van der Waals surface area contributed by atoms with Crippen LogP contribution in [0.25, 0.3) is 27.5 Å². The summed E-state index contributed by atoms with van der Waals surface area (Å²) >= 11 is 1.65. The van der Waals surface area contributed by atoms with Crippen molar-refractivity contribution in [3.63, 3.8) is 0 Å². The molecule has 0 unspecified atom stereocenters. The zero-order chi connectivity index (χ0) is 40.8. The largest absolute Gasteiger partial charge is 0.474 e. The predicted octanol–water partition coefficient (Wildman–Crippen LogP) is 5.95. The van der Waals surface area contributed by atoms with E-state index in [1.807, 2.05) is 35.0 Å². The summed E-state index contributed by atoms with van der Waals surface area (Å²) in [6.45, 7) is 2.73. The van der Waals surface area contributed by atoms with Crippen LogP contribution in [-0.2, 0) is 24.5 Å². The van der Waals surface area contributed by atoms with Crippen molar-refractivity contribution in [2.45, 2.75) is 101 Å². The van der Waals surface area contributed by atoms with Gasteiger partial charge in [0.1, 0.15) is 17.2 Å². The second kappa shape index (κ2) is 15.7. The van der Waals surface area contributed by atoms with E-state index < -0.39 is 0 Å². The molecule has 6 aliphatic rings. The van der Waals surface area contributed by atoms with E-state index in [2.05, 4.69) is 37.8 Å². The molecule has 5 aromatic heterocycles. The van der Waals surface area contributed by atoms with Gasteiger partial charge in [-0.05, 0) is 87.6 Å². The normalized spacial score (nSPS) is 24.9. The lowest BCUT2D eigenvalue weighted by atomic mass is 9.53. The highest BCUT2D eigenvalue weighted by molar-refractivity contribution is 7.14. The number of anilines is 1. The first-order valence-corrected chi connectivity index (χ1v) is 21.9. The van der Waals surface area contributed by atoms with Crippen molar-refractivity contribution < 1.29 is 23.9 Å². The van der Waals surface area contributed by atoms with E-state index in [1.165, 1.54) is 0 Å². The Labute approximate surface area is 350 Å². The first-order valence-electron chi connectivity index (χ1n) is 21.1. The lowest BCUT2D eigenvalue weighted by Crippen LogP contribution is -2.54. The number of amides is 3. The topological polar surface area (TPSA) is 190 Å². The zero-order valence-electron chi connectivity index (χ0n) is 33.3. The first kappa shape index (κ1) is 38.4. The Morgan fingerprint density at radius 2 is 1.73 bits per heavy atom. The van der Waals surface area contributed by atoms with Gasteiger partial charge in [-0.25, -0.2) is 9.50 Å². The van der Waals surface area contributed by atoms with Crippen LogP contribution in [0.15, 0.2) is 55.0 Å². The number of fused-ring (bicyclic) bond motifs is 4. The molecular weight excluding hydrogens is 781 g/mol. The number of hydrogen-bond acceptors (Lipinski definition) is 13. The van der Waals surface area contributed by atoms with E-state index in [1.54, 1.807) is 29.8 Å². The Morgan fingerprint density at radius 3 is 2.47 bits per heavy atom. The van der Waals surface area contributed by atoms with E-state index in [0.29, 0.717) is 50.6 Å². The molecule has 2 bridgehead atoms. The Bertz CT molecular complexity index is 2470. The minimum atomic E-state index is -0.379. The fourth-order valence-electron chi connectivity index (χ4n) is 9.94. The number of aromatic nitrogens is 6. The van der Waals surface area contributed by atoms with Crippen molar-refractivity contribution in [3.05, 3.63) is 71.1 Å². The molecule has 60 heavy (non-hydrogen) atoms. The third-order valence-corrected chi connectivity index (χ3v) is 14.8. The summed E-state index contributed by atoms with van der Waals surface area (Å²) in [5.74, 6) is -0.106. The molecular formula is C44H46N10O5S. The second-order valence-corrected chi connectivity index (χ2v) is 18.1. The molecule has 308 valence electrons. The third kappa shape index (κ3) is 7.17. The maximum atomic E-state index is 14.2. The average Bonchev–Trinajstić information content (AvgIpc) is 3.96. The summed E-state index contributed by atoms with van der Waals surface area (Å²) in [6.07, 6.45) is 14.5. The second-order valence-electron chi connectivity index (χ2n) is 17.1. The Morgan fingerprint density at radius 1 is 0.933 bits per heavy atom. The molecule has 6 fully saturated rings. The van der Waals surface area contributed by atoms with E-state index in [9.17, 15) is 19.6 Å². The number of ether oxygens (including phenoxy) is 2. The molecule has 0 spiro atoms. The summed E-state index contributed by atoms with van der Waals surface area (Å²) in [5, 5.41) is 31.6. The molecule has 3 amide bonds.